The van der Waals surface area contributed by atoms with Gasteiger partial charge in [0.05, 0.1) is 6.61 Å². The maximum Gasteiger partial charge on any atom is 0.121 e. The molecule has 86 valence electrons. The second-order valence-corrected chi connectivity index (χ2v) is 3.79. The molecule has 0 aliphatic rings. The molecule has 0 saturated heterocycles. The summed E-state index contributed by atoms with van der Waals surface area (Å²) >= 11 is 0. The molecule has 0 aliphatic heterocycles. The highest BCUT2D eigenvalue weighted by Crippen LogP contribution is 2.19. The maximum absolute atomic E-state index is 9.44. The molecule has 2 aromatic rings. The van der Waals surface area contributed by atoms with E-state index >= 15 is 0 Å². The van der Waals surface area contributed by atoms with Crippen molar-refractivity contribution in [1.29, 1.82) is 0 Å². The number of rotatable bonds is 3. The molecule has 2 N–H and O–H groups in total. The van der Waals surface area contributed by atoms with E-state index in [1.54, 1.807) is 12.1 Å². The minimum Gasteiger partial charge on any atom is -0.508 e. The summed E-state index contributed by atoms with van der Waals surface area (Å²) in [5.74, 6) is 0.129. The Morgan fingerprint density at radius 3 is 2.29 bits per heavy atom. The standard InChI is InChI=1S/C15H14O2/c16-11-14-10-13(8-9-15(14)17)7-6-12-4-2-1-3-5-12/h1-10,16-17H,11H2. The van der Waals surface area contributed by atoms with Crippen LogP contribution >= 0.6 is 0 Å². The van der Waals surface area contributed by atoms with E-state index in [2.05, 4.69) is 0 Å². The summed E-state index contributed by atoms with van der Waals surface area (Å²) in [4.78, 5) is 0. The van der Waals surface area contributed by atoms with Gasteiger partial charge in [-0.05, 0) is 23.3 Å². The Balaban J connectivity index is 2.22. The first-order valence-corrected chi connectivity index (χ1v) is 5.45. The van der Waals surface area contributed by atoms with Crippen LogP contribution in [0.2, 0.25) is 0 Å². The molecular weight excluding hydrogens is 212 g/mol. The fourth-order valence-electron chi connectivity index (χ4n) is 1.59. The maximum atomic E-state index is 9.44. The summed E-state index contributed by atoms with van der Waals surface area (Å²) in [6.45, 7) is -0.154. The third-order valence-electron chi connectivity index (χ3n) is 2.54. The summed E-state index contributed by atoms with van der Waals surface area (Å²) in [5.41, 5.74) is 2.61. The first-order valence-electron chi connectivity index (χ1n) is 5.45. The van der Waals surface area contributed by atoms with E-state index in [4.69, 9.17) is 5.11 Å². The van der Waals surface area contributed by atoms with Crippen molar-refractivity contribution in [3.8, 4) is 5.75 Å². The molecule has 2 heteroatoms. The molecule has 0 heterocycles. The van der Waals surface area contributed by atoms with Crippen LogP contribution in [0.15, 0.2) is 48.5 Å². The summed E-state index contributed by atoms with van der Waals surface area (Å²) in [6.07, 6.45) is 3.95. The Morgan fingerprint density at radius 1 is 0.882 bits per heavy atom. The van der Waals surface area contributed by atoms with Gasteiger partial charge in [-0.1, -0.05) is 48.6 Å². The molecule has 0 fully saturated rings. The third kappa shape index (κ3) is 2.95. The van der Waals surface area contributed by atoms with E-state index in [1.165, 1.54) is 0 Å². The average molecular weight is 226 g/mol. The monoisotopic (exact) mass is 226 g/mol. The van der Waals surface area contributed by atoms with Gasteiger partial charge in [0.2, 0.25) is 0 Å². The smallest absolute Gasteiger partial charge is 0.121 e. The second kappa shape index (κ2) is 5.32. The van der Waals surface area contributed by atoms with Gasteiger partial charge in [0.1, 0.15) is 5.75 Å². The first kappa shape index (κ1) is 11.4. The van der Waals surface area contributed by atoms with Gasteiger partial charge < -0.3 is 10.2 Å². The summed E-state index contributed by atoms with van der Waals surface area (Å²) < 4.78 is 0. The highest BCUT2D eigenvalue weighted by atomic mass is 16.3. The van der Waals surface area contributed by atoms with Crippen LogP contribution in [0.5, 0.6) is 5.75 Å². The molecule has 0 aliphatic carbocycles. The van der Waals surface area contributed by atoms with Crippen LogP contribution in [0.25, 0.3) is 12.2 Å². The van der Waals surface area contributed by atoms with E-state index in [9.17, 15) is 5.11 Å². The molecule has 0 atom stereocenters. The van der Waals surface area contributed by atoms with Crippen molar-refractivity contribution >= 4 is 12.2 Å². The van der Waals surface area contributed by atoms with Gasteiger partial charge in [-0.15, -0.1) is 0 Å². The number of aliphatic hydroxyl groups excluding tert-OH is 1. The molecule has 0 saturated carbocycles. The first-order chi connectivity index (χ1) is 8.29. The fourth-order valence-corrected chi connectivity index (χ4v) is 1.59. The van der Waals surface area contributed by atoms with Gasteiger partial charge in [-0.3, -0.25) is 0 Å². The van der Waals surface area contributed by atoms with E-state index in [-0.39, 0.29) is 12.4 Å². The molecule has 17 heavy (non-hydrogen) atoms. The van der Waals surface area contributed by atoms with E-state index in [0.29, 0.717) is 5.56 Å². The molecule has 0 unspecified atom stereocenters. The third-order valence-corrected chi connectivity index (χ3v) is 2.54. The lowest BCUT2D eigenvalue weighted by molar-refractivity contribution is 0.275. The van der Waals surface area contributed by atoms with Crippen LogP contribution in [0.1, 0.15) is 16.7 Å². The van der Waals surface area contributed by atoms with Gasteiger partial charge >= 0.3 is 0 Å². The number of aromatic hydroxyl groups is 1. The minimum atomic E-state index is -0.154. The molecule has 0 amide bonds. The lowest BCUT2D eigenvalue weighted by Gasteiger charge is -2.02. The van der Waals surface area contributed by atoms with Crippen molar-refractivity contribution in [2.45, 2.75) is 6.61 Å². The van der Waals surface area contributed by atoms with Crippen LogP contribution in [-0.2, 0) is 6.61 Å². The molecule has 0 bridgehead atoms. The van der Waals surface area contributed by atoms with Crippen LogP contribution in [0, 0.1) is 0 Å². The zero-order valence-corrected chi connectivity index (χ0v) is 9.38. The molecule has 0 radical (unpaired) electrons. The molecule has 2 aromatic carbocycles. The summed E-state index contributed by atoms with van der Waals surface area (Å²) in [6, 6.07) is 15.2. The largest absolute Gasteiger partial charge is 0.508 e. The van der Waals surface area contributed by atoms with Crippen molar-refractivity contribution in [3.63, 3.8) is 0 Å². The van der Waals surface area contributed by atoms with Crippen LogP contribution < -0.4 is 0 Å². The highest BCUT2D eigenvalue weighted by Gasteiger charge is 1.99. The summed E-state index contributed by atoms with van der Waals surface area (Å²) in [5, 5.41) is 18.5. The number of hydrogen-bond donors (Lipinski definition) is 2. The predicted octanol–water partition coefficient (Wildman–Crippen LogP) is 3.05. The Hall–Kier alpha value is -2.06. The van der Waals surface area contributed by atoms with Crippen molar-refractivity contribution in [2.24, 2.45) is 0 Å². The Bertz CT molecular complexity index is 516. The van der Waals surface area contributed by atoms with Crippen molar-refractivity contribution in [1.82, 2.24) is 0 Å². The van der Waals surface area contributed by atoms with Crippen molar-refractivity contribution in [3.05, 3.63) is 65.2 Å². The number of hydrogen-bond acceptors (Lipinski definition) is 2. The number of phenols is 1. The zero-order chi connectivity index (χ0) is 12.1. The van der Waals surface area contributed by atoms with Crippen molar-refractivity contribution in [2.75, 3.05) is 0 Å². The van der Waals surface area contributed by atoms with Gasteiger partial charge in [0.15, 0.2) is 0 Å². The number of benzene rings is 2. The Labute approximate surface area is 100 Å². The summed E-state index contributed by atoms with van der Waals surface area (Å²) in [7, 11) is 0. The molecule has 2 rings (SSSR count). The average Bonchev–Trinajstić information content (AvgIpc) is 2.39. The molecule has 0 aromatic heterocycles. The highest BCUT2D eigenvalue weighted by molar-refractivity contribution is 5.70. The van der Waals surface area contributed by atoms with E-state index in [0.717, 1.165) is 11.1 Å². The fraction of sp³-hybridized carbons (Fsp3) is 0.0667. The van der Waals surface area contributed by atoms with Gasteiger partial charge in [-0.25, -0.2) is 0 Å². The quantitative estimate of drug-likeness (QED) is 0.790. The molecule has 0 spiro atoms. The SMILES string of the molecule is OCc1cc(C=Cc2ccccc2)ccc1O. The van der Waals surface area contributed by atoms with Gasteiger partial charge in [0, 0.05) is 5.56 Å². The second-order valence-electron chi connectivity index (χ2n) is 3.79. The van der Waals surface area contributed by atoms with E-state index in [1.807, 2.05) is 48.6 Å². The van der Waals surface area contributed by atoms with Crippen LogP contribution in [-0.4, -0.2) is 10.2 Å². The normalized spacial score (nSPS) is 10.9. The topological polar surface area (TPSA) is 40.5 Å². The molecule has 2 nitrogen and oxygen atoms in total. The Morgan fingerprint density at radius 2 is 1.59 bits per heavy atom. The predicted molar refractivity (Wildman–Crippen MR) is 69.4 cm³/mol. The van der Waals surface area contributed by atoms with Crippen molar-refractivity contribution < 1.29 is 10.2 Å². The van der Waals surface area contributed by atoms with Crippen LogP contribution in [0.3, 0.4) is 0 Å². The number of aliphatic hydroxyl groups is 1. The zero-order valence-electron chi connectivity index (χ0n) is 9.38. The lowest BCUT2D eigenvalue weighted by atomic mass is 10.1. The molecular formula is C15H14O2. The van der Waals surface area contributed by atoms with Gasteiger partial charge in [0.25, 0.3) is 0 Å². The minimum absolute atomic E-state index is 0.129. The Kier molecular flexibility index (Phi) is 3.58. The van der Waals surface area contributed by atoms with Gasteiger partial charge in [-0.2, -0.15) is 0 Å². The van der Waals surface area contributed by atoms with Crippen LogP contribution in [0.4, 0.5) is 0 Å². The van der Waals surface area contributed by atoms with E-state index < -0.39 is 0 Å². The lowest BCUT2D eigenvalue weighted by Crippen LogP contribution is -1.85.